The van der Waals surface area contributed by atoms with Crippen molar-refractivity contribution in [3.05, 3.63) is 9.81 Å². The number of carbonyl (C=O) groups excluding carboxylic acids is 3. The molecule has 0 aromatic heterocycles. The summed E-state index contributed by atoms with van der Waals surface area (Å²) < 4.78 is 15.8. The number of aliphatic hydroxyl groups is 1. The summed E-state index contributed by atoms with van der Waals surface area (Å²) in [5.41, 5.74) is 1.13. The van der Waals surface area contributed by atoms with Crippen LogP contribution in [0, 0.1) is 0 Å². The maximum absolute atomic E-state index is 12.6. The van der Waals surface area contributed by atoms with Crippen molar-refractivity contribution in [1.82, 2.24) is 14.5 Å². The van der Waals surface area contributed by atoms with Gasteiger partial charge in [0.25, 0.3) is 5.91 Å². The highest BCUT2D eigenvalue weighted by Crippen LogP contribution is 2.50. The van der Waals surface area contributed by atoms with Gasteiger partial charge in [-0.3, -0.25) is 19.1 Å². The number of nitrogens with zero attached hydrogens (tertiary/aromatic N) is 2. The fourth-order valence-corrected chi connectivity index (χ4v) is 7.49. The van der Waals surface area contributed by atoms with Crippen LogP contribution in [0.25, 0.3) is 0 Å². The molecule has 3 atom stereocenters. The number of rotatable bonds is 7. The van der Waals surface area contributed by atoms with Crippen LogP contribution in [-0.4, -0.2) is 80.0 Å². The van der Waals surface area contributed by atoms with Gasteiger partial charge in [-0.25, -0.2) is 4.21 Å². The number of likely N-dealkylation sites (N-methyl/N-ethyl adjacent to an activating group) is 2. The fraction of sp³-hybridized carbons (Fsp3) is 0.688. The van der Waals surface area contributed by atoms with Gasteiger partial charge in [0, 0.05) is 30.5 Å². The summed E-state index contributed by atoms with van der Waals surface area (Å²) in [6.07, 6.45) is 1.43. The molecular formula is C16H25N3O5S3. The molecule has 0 aromatic carbocycles. The molecular weight excluding hydrogens is 410 g/mol. The van der Waals surface area contributed by atoms with E-state index in [1.807, 2.05) is 11.8 Å². The lowest BCUT2D eigenvalue weighted by atomic mass is 10.0. The van der Waals surface area contributed by atoms with Crippen molar-refractivity contribution in [2.75, 3.05) is 32.5 Å². The quantitative estimate of drug-likeness (QED) is 0.591. The summed E-state index contributed by atoms with van der Waals surface area (Å²) in [7, 11) is -0.213. The number of thioether (sulfide) groups is 2. The predicted molar refractivity (Wildman–Crippen MR) is 108 cm³/mol. The standard InChI is InChI=1S/C16H25N3O5S3/c1-4-19(10(2)21)12-5-6-25-16-11(12)7-15(26-16)27(24)17-13(22)8-18(3)14(23)9-20/h12,15,20H,4-9H2,1-3H3,(H,17,22)/t12-,15?,27?/m0/s1. The molecule has 2 unspecified atom stereocenters. The SMILES string of the molecule is CCN(C(C)=O)[C@H]1CCSC2=C1CC(S(=O)NC(=O)CN(C)C(=O)CO)S2. The lowest BCUT2D eigenvalue weighted by Crippen LogP contribution is -2.42. The minimum Gasteiger partial charge on any atom is -0.387 e. The van der Waals surface area contributed by atoms with Gasteiger partial charge in [0.15, 0.2) is 0 Å². The minimum absolute atomic E-state index is 0.0284. The second-order valence-electron chi connectivity index (χ2n) is 6.25. The number of nitrogens with one attached hydrogen (secondary N) is 1. The summed E-state index contributed by atoms with van der Waals surface area (Å²) in [5, 5.41) is 8.80. The van der Waals surface area contributed by atoms with E-state index in [-0.39, 0.29) is 23.1 Å². The summed E-state index contributed by atoms with van der Waals surface area (Å²) in [6, 6.07) is 0.0299. The zero-order valence-electron chi connectivity index (χ0n) is 15.6. The van der Waals surface area contributed by atoms with Gasteiger partial charge in [-0.05, 0) is 25.3 Å². The molecule has 0 aromatic rings. The summed E-state index contributed by atoms with van der Waals surface area (Å²) in [4.78, 5) is 38.2. The summed E-state index contributed by atoms with van der Waals surface area (Å²) >= 11 is 3.20. The molecule has 0 radical (unpaired) electrons. The summed E-state index contributed by atoms with van der Waals surface area (Å²) in [6.45, 7) is 3.20. The van der Waals surface area contributed by atoms with Crippen molar-refractivity contribution in [3.8, 4) is 0 Å². The highest BCUT2D eigenvalue weighted by molar-refractivity contribution is 8.26. The molecule has 152 valence electrons. The van der Waals surface area contributed by atoms with Crippen LogP contribution in [0.3, 0.4) is 0 Å². The van der Waals surface area contributed by atoms with Gasteiger partial charge in [-0.15, -0.1) is 11.8 Å². The van der Waals surface area contributed by atoms with Crippen molar-refractivity contribution in [3.63, 3.8) is 0 Å². The first kappa shape index (κ1) is 22.3. The van der Waals surface area contributed by atoms with E-state index >= 15 is 0 Å². The molecule has 3 amide bonds. The van der Waals surface area contributed by atoms with Crippen LogP contribution in [-0.2, 0) is 25.4 Å². The largest absolute Gasteiger partial charge is 0.387 e. The van der Waals surface area contributed by atoms with E-state index in [4.69, 9.17) is 5.11 Å². The van der Waals surface area contributed by atoms with Crippen LogP contribution in [0.2, 0.25) is 0 Å². The van der Waals surface area contributed by atoms with Crippen LogP contribution in [0.15, 0.2) is 9.81 Å². The average Bonchev–Trinajstić information content (AvgIpc) is 3.06. The molecule has 0 aliphatic carbocycles. The van der Waals surface area contributed by atoms with E-state index in [0.717, 1.165) is 26.9 Å². The third-order valence-corrected chi connectivity index (χ3v) is 8.83. The second kappa shape index (κ2) is 9.94. The molecule has 27 heavy (non-hydrogen) atoms. The van der Waals surface area contributed by atoms with Crippen molar-refractivity contribution in [2.45, 2.75) is 37.3 Å². The second-order valence-corrected chi connectivity index (χ2v) is 10.5. The van der Waals surface area contributed by atoms with E-state index in [9.17, 15) is 18.6 Å². The Morgan fingerprint density at radius 2 is 2.07 bits per heavy atom. The number of aliphatic hydroxyl groups excluding tert-OH is 1. The first-order valence-corrected chi connectivity index (χ1v) is 11.7. The Labute approximate surface area is 170 Å². The van der Waals surface area contributed by atoms with Gasteiger partial charge < -0.3 is 14.9 Å². The first-order chi connectivity index (χ1) is 12.8. The molecule has 0 bridgehead atoms. The van der Waals surface area contributed by atoms with E-state index < -0.39 is 29.4 Å². The molecule has 2 rings (SSSR count). The van der Waals surface area contributed by atoms with Gasteiger partial charge in [-0.2, -0.15) is 0 Å². The third-order valence-electron chi connectivity index (χ3n) is 4.43. The van der Waals surface area contributed by atoms with Crippen LogP contribution in [0.1, 0.15) is 26.7 Å². The Kier molecular flexibility index (Phi) is 8.20. The molecule has 11 heteroatoms. The predicted octanol–water partition coefficient (Wildman–Crippen LogP) is 0.266. The van der Waals surface area contributed by atoms with E-state index in [2.05, 4.69) is 4.72 Å². The van der Waals surface area contributed by atoms with Gasteiger partial charge >= 0.3 is 0 Å². The van der Waals surface area contributed by atoms with E-state index in [1.54, 1.807) is 18.7 Å². The van der Waals surface area contributed by atoms with Crippen LogP contribution < -0.4 is 4.72 Å². The van der Waals surface area contributed by atoms with E-state index in [0.29, 0.717) is 13.0 Å². The van der Waals surface area contributed by atoms with Crippen LogP contribution in [0.4, 0.5) is 0 Å². The number of amides is 3. The molecule has 2 aliphatic rings. The smallest absolute Gasteiger partial charge is 0.251 e. The molecule has 2 heterocycles. The maximum Gasteiger partial charge on any atom is 0.251 e. The molecule has 0 fully saturated rings. The molecule has 0 saturated carbocycles. The molecule has 0 saturated heterocycles. The number of hydrogen-bond acceptors (Lipinski definition) is 7. The monoisotopic (exact) mass is 435 g/mol. The normalized spacial score (nSPS) is 22.8. The first-order valence-electron chi connectivity index (χ1n) is 8.63. The van der Waals surface area contributed by atoms with Gasteiger partial charge in [0.2, 0.25) is 11.8 Å². The van der Waals surface area contributed by atoms with Crippen LogP contribution >= 0.6 is 23.5 Å². The molecule has 2 aliphatic heterocycles. The fourth-order valence-electron chi connectivity index (χ4n) is 3.10. The Morgan fingerprint density at radius 3 is 2.67 bits per heavy atom. The maximum atomic E-state index is 12.6. The van der Waals surface area contributed by atoms with E-state index in [1.165, 1.54) is 18.8 Å². The zero-order chi connectivity index (χ0) is 20.1. The van der Waals surface area contributed by atoms with Crippen LogP contribution in [0.5, 0.6) is 0 Å². The minimum atomic E-state index is -1.61. The van der Waals surface area contributed by atoms with Gasteiger partial charge in [0.05, 0.1) is 6.04 Å². The number of carbonyl (C=O) groups is 3. The Morgan fingerprint density at radius 1 is 1.37 bits per heavy atom. The molecule has 0 spiro atoms. The van der Waals surface area contributed by atoms with Gasteiger partial charge in [0.1, 0.15) is 28.7 Å². The Bertz CT molecular complexity index is 670. The van der Waals surface area contributed by atoms with Crippen molar-refractivity contribution in [2.24, 2.45) is 0 Å². The lowest BCUT2D eigenvalue weighted by Gasteiger charge is -2.34. The number of hydrogen-bond donors (Lipinski definition) is 2. The topological polar surface area (TPSA) is 107 Å². The molecule has 8 nitrogen and oxygen atoms in total. The highest BCUT2D eigenvalue weighted by atomic mass is 32.3. The third kappa shape index (κ3) is 5.49. The summed E-state index contributed by atoms with van der Waals surface area (Å²) in [5.74, 6) is -0.182. The lowest BCUT2D eigenvalue weighted by molar-refractivity contribution is -0.136. The average molecular weight is 436 g/mol. The van der Waals surface area contributed by atoms with Crippen molar-refractivity contribution in [1.29, 1.82) is 0 Å². The van der Waals surface area contributed by atoms with Crippen molar-refractivity contribution >= 4 is 52.2 Å². The van der Waals surface area contributed by atoms with Crippen molar-refractivity contribution < 1.29 is 23.7 Å². The zero-order valence-corrected chi connectivity index (χ0v) is 18.0. The Balaban J connectivity index is 1.97. The Hall–Kier alpha value is -1.04. The highest BCUT2D eigenvalue weighted by Gasteiger charge is 2.38. The van der Waals surface area contributed by atoms with Gasteiger partial charge in [-0.1, -0.05) is 11.8 Å². The molecule has 2 N–H and O–H groups in total.